The molecule has 0 saturated carbocycles. The lowest BCUT2D eigenvalue weighted by molar-refractivity contribution is 0.174. The van der Waals surface area contributed by atoms with E-state index in [2.05, 4.69) is 5.32 Å². The molecule has 0 aromatic heterocycles. The van der Waals surface area contributed by atoms with Crippen LogP contribution in [0.2, 0.25) is 0 Å². The van der Waals surface area contributed by atoms with Crippen LogP contribution < -0.4 is 14.8 Å². The van der Waals surface area contributed by atoms with E-state index < -0.39 is 10.0 Å². The monoisotopic (exact) mass is 270 g/mol. The molecule has 1 aromatic carbocycles. The number of benzene rings is 1. The number of hydrogen-bond acceptors (Lipinski definition) is 5. The maximum Gasteiger partial charge on any atom is 0.243 e. The van der Waals surface area contributed by atoms with Gasteiger partial charge in [-0.3, -0.25) is 0 Å². The third-order valence-electron chi connectivity index (χ3n) is 3.06. The lowest BCUT2D eigenvalue weighted by atomic mass is 10.3. The predicted octanol–water partition coefficient (Wildman–Crippen LogP) is 0.00920. The molecule has 1 aromatic rings. The van der Waals surface area contributed by atoms with Gasteiger partial charge in [0.05, 0.1) is 4.90 Å². The fourth-order valence-electron chi connectivity index (χ4n) is 2.07. The molecule has 0 radical (unpaired) electrons. The molecule has 98 valence electrons. The Bertz CT molecular complexity index is 552. The first-order chi connectivity index (χ1) is 8.68. The van der Waals surface area contributed by atoms with Gasteiger partial charge in [0, 0.05) is 32.2 Å². The fourth-order valence-corrected chi connectivity index (χ4v) is 3.53. The Balaban J connectivity index is 1.93. The number of rotatable bonds is 2. The molecule has 6 nitrogen and oxygen atoms in total. The molecule has 0 aliphatic carbocycles. The van der Waals surface area contributed by atoms with Crippen LogP contribution in [0.5, 0.6) is 11.5 Å². The van der Waals surface area contributed by atoms with E-state index in [9.17, 15) is 8.42 Å². The lowest BCUT2D eigenvalue weighted by Crippen LogP contribution is -2.46. The van der Waals surface area contributed by atoms with Crippen molar-refractivity contribution in [3.63, 3.8) is 0 Å². The van der Waals surface area contributed by atoms with Gasteiger partial charge < -0.3 is 14.8 Å². The van der Waals surface area contributed by atoms with E-state index in [0.29, 0.717) is 37.7 Å². The van der Waals surface area contributed by atoms with Gasteiger partial charge in [-0.1, -0.05) is 0 Å². The second-order valence-corrected chi connectivity index (χ2v) is 6.11. The summed E-state index contributed by atoms with van der Waals surface area (Å²) in [5, 5.41) is 3.13. The highest BCUT2D eigenvalue weighted by molar-refractivity contribution is 7.89. The fraction of sp³-hybridized carbons (Fsp3) is 0.455. The molecule has 18 heavy (non-hydrogen) atoms. The Morgan fingerprint density at radius 3 is 2.61 bits per heavy atom. The molecule has 0 bridgehead atoms. The average Bonchev–Trinajstić information content (AvgIpc) is 2.87. The van der Waals surface area contributed by atoms with Crippen LogP contribution in [0.3, 0.4) is 0 Å². The van der Waals surface area contributed by atoms with Crippen LogP contribution in [0.25, 0.3) is 0 Å². The van der Waals surface area contributed by atoms with Gasteiger partial charge in [0.2, 0.25) is 16.8 Å². The topological polar surface area (TPSA) is 67.9 Å². The van der Waals surface area contributed by atoms with Crippen LogP contribution in [0, 0.1) is 0 Å². The van der Waals surface area contributed by atoms with Crippen molar-refractivity contribution in [2.24, 2.45) is 0 Å². The Hall–Kier alpha value is -1.31. The third kappa shape index (κ3) is 1.94. The van der Waals surface area contributed by atoms with Gasteiger partial charge in [-0.25, -0.2) is 8.42 Å². The summed E-state index contributed by atoms with van der Waals surface area (Å²) in [6.45, 7) is 2.51. The van der Waals surface area contributed by atoms with Gasteiger partial charge in [0.15, 0.2) is 11.5 Å². The third-order valence-corrected chi connectivity index (χ3v) is 4.95. The van der Waals surface area contributed by atoms with Gasteiger partial charge in [-0.05, 0) is 12.1 Å². The highest BCUT2D eigenvalue weighted by atomic mass is 32.2. The van der Waals surface area contributed by atoms with E-state index in [1.165, 1.54) is 10.4 Å². The van der Waals surface area contributed by atoms with Crippen LogP contribution in [0.15, 0.2) is 23.1 Å². The summed E-state index contributed by atoms with van der Waals surface area (Å²) in [5.74, 6) is 1.08. The summed E-state index contributed by atoms with van der Waals surface area (Å²) in [6.07, 6.45) is 0. The second kappa shape index (κ2) is 4.42. The normalized spacial score (nSPS) is 20.0. The smallest absolute Gasteiger partial charge is 0.243 e. The van der Waals surface area contributed by atoms with Crippen LogP contribution in [0.1, 0.15) is 0 Å². The summed E-state index contributed by atoms with van der Waals surface area (Å²) < 4.78 is 36.6. The Kier molecular flexibility index (Phi) is 2.89. The van der Waals surface area contributed by atoms with Crippen molar-refractivity contribution in [3.05, 3.63) is 18.2 Å². The molecule has 1 fully saturated rings. The maximum absolute atomic E-state index is 12.4. The molecular weight excluding hydrogens is 256 g/mol. The molecule has 0 amide bonds. The number of nitrogens with one attached hydrogen (secondary N) is 1. The van der Waals surface area contributed by atoms with Crippen molar-refractivity contribution in [3.8, 4) is 11.5 Å². The van der Waals surface area contributed by atoms with Gasteiger partial charge in [-0.15, -0.1) is 0 Å². The molecule has 0 unspecified atom stereocenters. The van der Waals surface area contributed by atoms with Gasteiger partial charge in [0.25, 0.3) is 0 Å². The van der Waals surface area contributed by atoms with Crippen molar-refractivity contribution in [1.82, 2.24) is 9.62 Å². The minimum Gasteiger partial charge on any atom is -0.454 e. The first-order valence-corrected chi connectivity index (χ1v) is 7.22. The summed E-state index contributed by atoms with van der Waals surface area (Å²) in [6, 6.07) is 4.72. The SMILES string of the molecule is O=S(=O)(c1ccc2c(c1)OCO2)N1CCNCC1. The molecule has 0 spiro atoms. The van der Waals surface area contributed by atoms with E-state index in [4.69, 9.17) is 9.47 Å². The van der Waals surface area contributed by atoms with Gasteiger partial charge in [-0.2, -0.15) is 4.31 Å². The minimum atomic E-state index is -3.43. The highest BCUT2D eigenvalue weighted by Gasteiger charge is 2.27. The van der Waals surface area contributed by atoms with E-state index in [1.807, 2.05) is 0 Å². The number of fused-ring (bicyclic) bond motifs is 1. The minimum absolute atomic E-state index is 0.145. The summed E-state index contributed by atoms with van der Waals surface area (Å²) in [4.78, 5) is 0.258. The zero-order valence-electron chi connectivity index (χ0n) is 9.76. The molecule has 1 N–H and O–H groups in total. The Labute approximate surface area is 106 Å². The first kappa shape index (κ1) is 11.8. The zero-order valence-corrected chi connectivity index (χ0v) is 10.6. The van der Waals surface area contributed by atoms with E-state index in [-0.39, 0.29) is 11.7 Å². The van der Waals surface area contributed by atoms with Crippen LogP contribution in [-0.4, -0.2) is 45.7 Å². The Morgan fingerprint density at radius 1 is 1.11 bits per heavy atom. The molecule has 7 heteroatoms. The summed E-state index contributed by atoms with van der Waals surface area (Å²) in [5.41, 5.74) is 0. The molecule has 2 aliphatic rings. The molecule has 1 saturated heterocycles. The van der Waals surface area contributed by atoms with Crippen molar-refractivity contribution in [2.45, 2.75) is 4.90 Å². The number of sulfonamides is 1. The number of piperazine rings is 1. The standard InChI is InChI=1S/C11H14N2O4S/c14-18(15,13-5-3-12-4-6-13)9-1-2-10-11(7-9)17-8-16-10/h1-2,7,12H,3-6,8H2. The Morgan fingerprint density at radius 2 is 1.83 bits per heavy atom. The summed E-state index contributed by atoms with van der Waals surface area (Å²) in [7, 11) is -3.43. The molecule has 2 heterocycles. The van der Waals surface area contributed by atoms with Gasteiger partial charge >= 0.3 is 0 Å². The molecule has 3 rings (SSSR count). The lowest BCUT2D eigenvalue weighted by Gasteiger charge is -2.26. The highest BCUT2D eigenvalue weighted by Crippen LogP contribution is 2.34. The van der Waals surface area contributed by atoms with Crippen molar-refractivity contribution >= 4 is 10.0 Å². The zero-order chi connectivity index (χ0) is 12.6. The van der Waals surface area contributed by atoms with Crippen molar-refractivity contribution < 1.29 is 17.9 Å². The second-order valence-electron chi connectivity index (χ2n) is 4.17. The summed E-state index contributed by atoms with van der Waals surface area (Å²) >= 11 is 0. The largest absolute Gasteiger partial charge is 0.454 e. The first-order valence-electron chi connectivity index (χ1n) is 5.78. The predicted molar refractivity (Wildman–Crippen MR) is 64.2 cm³/mol. The number of ether oxygens (including phenoxy) is 2. The van der Waals surface area contributed by atoms with Crippen LogP contribution >= 0.6 is 0 Å². The quantitative estimate of drug-likeness (QED) is 0.820. The molecular formula is C11H14N2O4S. The number of hydrogen-bond donors (Lipinski definition) is 1. The van der Waals surface area contributed by atoms with Crippen LogP contribution in [0.4, 0.5) is 0 Å². The average molecular weight is 270 g/mol. The van der Waals surface area contributed by atoms with Crippen molar-refractivity contribution in [2.75, 3.05) is 33.0 Å². The van der Waals surface area contributed by atoms with Crippen LogP contribution in [-0.2, 0) is 10.0 Å². The van der Waals surface area contributed by atoms with E-state index >= 15 is 0 Å². The van der Waals surface area contributed by atoms with E-state index in [1.54, 1.807) is 12.1 Å². The maximum atomic E-state index is 12.4. The molecule has 0 atom stereocenters. The van der Waals surface area contributed by atoms with E-state index in [0.717, 1.165) is 0 Å². The van der Waals surface area contributed by atoms with Gasteiger partial charge in [0.1, 0.15) is 0 Å². The molecule has 2 aliphatic heterocycles. The number of nitrogens with zero attached hydrogens (tertiary/aromatic N) is 1. The van der Waals surface area contributed by atoms with Crippen molar-refractivity contribution in [1.29, 1.82) is 0 Å².